The smallest absolute Gasteiger partial charge is 0.123 e. The molecule has 0 bridgehead atoms. The van der Waals surface area contributed by atoms with Crippen LogP contribution < -0.4 is 4.74 Å². The molecule has 1 atom stereocenters. The summed E-state index contributed by atoms with van der Waals surface area (Å²) in [5.74, 6) is 0.589. The number of ether oxygens (including phenoxy) is 3. The molecule has 26 heavy (non-hydrogen) atoms. The first-order chi connectivity index (χ1) is 12.7. The molecule has 0 radical (unpaired) electrons. The molecule has 1 spiro atoms. The van der Waals surface area contributed by atoms with Gasteiger partial charge in [0.05, 0.1) is 25.4 Å². The maximum Gasteiger partial charge on any atom is 0.123 e. The van der Waals surface area contributed by atoms with Gasteiger partial charge in [0.2, 0.25) is 0 Å². The first kappa shape index (κ1) is 17.5. The molecule has 4 nitrogen and oxygen atoms in total. The van der Waals surface area contributed by atoms with Crippen LogP contribution in [-0.2, 0) is 22.6 Å². The zero-order valence-electron chi connectivity index (χ0n) is 14.8. The lowest BCUT2D eigenvalue weighted by molar-refractivity contribution is -0.0749. The van der Waals surface area contributed by atoms with Gasteiger partial charge in [0, 0.05) is 19.7 Å². The summed E-state index contributed by atoms with van der Waals surface area (Å²) in [7, 11) is 0. The SMILES string of the molecule is Fc1ccc(COc2ccc(CN3CCOCC34CCOC4)cc2)cc1. The van der Waals surface area contributed by atoms with Crippen molar-refractivity contribution >= 4 is 0 Å². The van der Waals surface area contributed by atoms with Crippen molar-refractivity contribution < 1.29 is 18.6 Å². The number of halogens is 1. The van der Waals surface area contributed by atoms with Crippen molar-refractivity contribution in [2.75, 3.05) is 33.0 Å². The van der Waals surface area contributed by atoms with Gasteiger partial charge in [-0.15, -0.1) is 0 Å². The highest BCUT2D eigenvalue weighted by molar-refractivity contribution is 5.28. The second-order valence-electron chi connectivity index (χ2n) is 7.06. The molecule has 2 aliphatic rings. The summed E-state index contributed by atoms with van der Waals surface area (Å²) in [6, 6.07) is 14.6. The van der Waals surface area contributed by atoms with Crippen molar-refractivity contribution in [3.8, 4) is 5.75 Å². The van der Waals surface area contributed by atoms with E-state index in [0.29, 0.717) is 6.61 Å². The van der Waals surface area contributed by atoms with E-state index in [9.17, 15) is 4.39 Å². The minimum atomic E-state index is -0.230. The van der Waals surface area contributed by atoms with Crippen LogP contribution >= 0.6 is 0 Å². The third-order valence-corrected chi connectivity index (χ3v) is 5.25. The van der Waals surface area contributed by atoms with E-state index in [1.54, 1.807) is 12.1 Å². The molecule has 0 aromatic heterocycles. The predicted octanol–water partition coefficient (Wildman–Crippen LogP) is 3.40. The number of hydrogen-bond donors (Lipinski definition) is 0. The zero-order chi connectivity index (χ0) is 17.8. The van der Waals surface area contributed by atoms with Gasteiger partial charge in [-0.3, -0.25) is 4.90 Å². The van der Waals surface area contributed by atoms with Crippen LogP contribution in [0.3, 0.4) is 0 Å². The van der Waals surface area contributed by atoms with Crippen LogP contribution in [0.15, 0.2) is 48.5 Å². The molecule has 0 amide bonds. The number of morpholine rings is 1. The van der Waals surface area contributed by atoms with E-state index >= 15 is 0 Å². The number of benzene rings is 2. The molecule has 138 valence electrons. The third-order valence-electron chi connectivity index (χ3n) is 5.25. The average molecular weight is 357 g/mol. The van der Waals surface area contributed by atoms with E-state index in [4.69, 9.17) is 14.2 Å². The van der Waals surface area contributed by atoms with Gasteiger partial charge < -0.3 is 14.2 Å². The van der Waals surface area contributed by atoms with Crippen molar-refractivity contribution in [2.45, 2.75) is 25.1 Å². The van der Waals surface area contributed by atoms with Gasteiger partial charge in [-0.25, -0.2) is 4.39 Å². The molecule has 2 aromatic carbocycles. The normalized spacial score (nSPS) is 23.4. The molecule has 5 heteroatoms. The Bertz CT molecular complexity index is 711. The molecule has 0 N–H and O–H groups in total. The summed E-state index contributed by atoms with van der Waals surface area (Å²) in [4.78, 5) is 2.50. The molecule has 2 heterocycles. The van der Waals surface area contributed by atoms with E-state index in [-0.39, 0.29) is 11.4 Å². The quantitative estimate of drug-likeness (QED) is 0.821. The van der Waals surface area contributed by atoms with Gasteiger partial charge >= 0.3 is 0 Å². The van der Waals surface area contributed by atoms with E-state index < -0.39 is 0 Å². The lowest BCUT2D eigenvalue weighted by Crippen LogP contribution is -2.56. The van der Waals surface area contributed by atoms with Crippen LogP contribution in [0.4, 0.5) is 4.39 Å². The molecule has 0 saturated carbocycles. The first-order valence-electron chi connectivity index (χ1n) is 9.10. The van der Waals surface area contributed by atoms with Crippen molar-refractivity contribution in [1.29, 1.82) is 0 Å². The number of nitrogens with zero attached hydrogens (tertiary/aromatic N) is 1. The first-order valence-corrected chi connectivity index (χ1v) is 9.10. The molecular weight excluding hydrogens is 333 g/mol. The zero-order valence-corrected chi connectivity index (χ0v) is 14.8. The van der Waals surface area contributed by atoms with E-state index in [1.165, 1.54) is 17.7 Å². The van der Waals surface area contributed by atoms with Crippen molar-refractivity contribution in [3.05, 3.63) is 65.5 Å². The predicted molar refractivity (Wildman–Crippen MR) is 96.6 cm³/mol. The van der Waals surface area contributed by atoms with Gasteiger partial charge in [-0.2, -0.15) is 0 Å². The van der Waals surface area contributed by atoms with Gasteiger partial charge in [0.15, 0.2) is 0 Å². The summed E-state index contributed by atoms with van der Waals surface area (Å²) in [5.41, 5.74) is 2.25. The minimum absolute atomic E-state index is 0.0377. The van der Waals surface area contributed by atoms with Crippen molar-refractivity contribution in [3.63, 3.8) is 0 Å². The van der Waals surface area contributed by atoms with Gasteiger partial charge in [-0.1, -0.05) is 24.3 Å². The summed E-state index contributed by atoms with van der Waals surface area (Å²) >= 11 is 0. The fourth-order valence-corrected chi connectivity index (χ4v) is 3.63. The average Bonchev–Trinajstić information content (AvgIpc) is 3.14. The fraction of sp³-hybridized carbons (Fsp3) is 0.429. The lowest BCUT2D eigenvalue weighted by Gasteiger charge is -2.43. The summed E-state index contributed by atoms with van der Waals surface area (Å²) in [5, 5.41) is 0. The Morgan fingerprint density at radius 3 is 2.35 bits per heavy atom. The van der Waals surface area contributed by atoms with E-state index in [1.807, 2.05) is 12.1 Å². The standard InChI is InChI=1S/C21H24FNO3/c22-19-5-1-18(2-6-19)14-26-20-7-3-17(4-8-20)13-23-10-12-25-16-21(23)9-11-24-15-21/h1-8H,9-16H2. The Morgan fingerprint density at radius 2 is 1.62 bits per heavy atom. The molecule has 0 aliphatic carbocycles. The maximum atomic E-state index is 12.9. The second kappa shape index (κ2) is 7.74. The highest BCUT2D eigenvalue weighted by Gasteiger charge is 2.42. The number of hydrogen-bond acceptors (Lipinski definition) is 4. The highest BCUT2D eigenvalue weighted by Crippen LogP contribution is 2.31. The Labute approximate surface area is 153 Å². The van der Waals surface area contributed by atoms with Crippen LogP contribution in [-0.4, -0.2) is 43.4 Å². The van der Waals surface area contributed by atoms with Gasteiger partial charge in [0.1, 0.15) is 18.2 Å². The van der Waals surface area contributed by atoms with Gasteiger partial charge in [-0.05, 0) is 41.8 Å². The third kappa shape index (κ3) is 3.90. The summed E-state index contributed by atoms with van der Waals surface area (Å²) in [6.45, 7) is 5.37. The Kier molecular flexibility index (Phi) is 5.20. The maximum absolute atomic E-state index is 12.9. The molecule has 2 saturated heterocycles. The van der Waals surface area contributed by atoms with E-state index in [2.05, 4.69) is 17.0 Å². The minimum Gasteiger partial charge on any atom is -0.489 e. The highest BCUT2D eigenvalue weighted by atomic mass is 19.1. The van der Waals surface area contributed by atoms with E-state index in [0.717, 1.165) is 57.3 Å². The largest absolute Gasteiger partial charge is 0.489 e. The second-order valence-corrected chi connectivity index (χ2v) is 7.06. The lowest BCUT2D eigenvalue weighted by atomic mass is 9.95. The molecule has 2 aromatic rings. The van der Waals surface area contributed by atoms with Crippen molar-refractivity contribution in [1.82, 2.24) is 4.90 Å². The van der Waals surface area contributed by atoms with Crippen molar-refractivity contribution in [2.24, 2.45) is 0 Å². The molecule has 1 unspecified atom stereocenters. The molecule has 2 fully saturated rings. The molecular formula is C21H24FNO3. The molecule has 4 rings (SSSR count). The Balaban J connectivity index is 1.35. The van der Waals surface area contributed by atoms with Gasteiger partial charge in [0.25, 0.3) is 0 Å². The Hall–Kier alpha value is -1.95. The summed E-state index contributed by atoms with van der Waals surface area (Å²) < 4.78 is 30.1. The Morgan fingerprint density at radius 1 is 0.923 bits per heavy atom. The van der Waals surface area contributed by atoms with Crippen LogP contribution in [0.5, 0.6) is 5.75 Å². The van der Waals surface area contributed by atoms with Crippen LogP contribution in [0, 0.1) is 5.82 Å². The number of rotatable bonds is 5. The van der Waals surface area contributed by atoms with Crippen LogP contribution in [0.1, 0.15) is 17.5 Å². The topological polar surface area (TPSA) is 30.9 Å². The van der Waals surface area contributed by atoms with Crippen LogP contribution in [0.25, 0.3) is 0 Å². The molecule has 2 aliphatic heterocycles. The fourth-order valence-electron chi connectivity index (χ4n) is 3.63. The van der Waals surface area contributed by atoms with Crippen LogP contribution in [0.2, 0.25) is 0 Å². The summed E-state index contributed by atoms with van der Waals surface area (Å²) in [6.07, 6.45) is 1.03. The monoisotopic (exact) mass is 357 g/mol.